The predicted molar refractivity (Wildman–Crippen MR) is 133 cm³/mol. The van der Waals surface area contributed by atoms with E-state index in [1.165, 1.54) is 12.1 Å². The van der Waals surface area contributed by atoms with Gasteiger partial charge in [-0.15, -0.1) is 0 Å². The van der Waals surface area contributed by atoms with Gasteiger partial charge in [-0.05, 0) is 36.4 Å². The van der Waals surface area contributed by atoms with Gasteiger partial charge in [-0.1, -0.05) is 54.6 Å². The Morgan fingerprint density at radius 2 is 1.26 bits per heavy atom. The quantitative estimate of drug-likeness (QED) is 0.190. The number of aromatic nitrogens is 1. The van der Waals surface area contributed by atoms with E-state index in [9.17, 15) is 23.3 Å². The van der Waals surface area contributed by atoms with Gasteiger partial charge in [-0.2, -0.15) is 4.31 Å². The van der Waals surface area contributed by atoms with Gasteiger partial charge in [0.2, 0.25) is 0 Å². The zero-order chi connectivity index (χ0) is 24.6. The number of amides is 1. The van der Waals surface area contributed by atoms with Crippen LogP contribution in [0.15, 0.2) is 108 Å². The van der Waals surface area contributed by atoms with E-state index < -0.39 is 20.9 Å². The summed E-state index contributed by atoms with van der Waals surface area (Å²) in [5, 5.41) is 12.1. The molecule has 0 N–H and O–H groups in total. The van der Waals surface area contributed by atoms with Crippen LogP contribution in [0.3, 0.4) is 0 Å². The molecule has 0 bridgehead atoms. The minimum Gasteiger partial charge on any atom is -0.268 e. The standard InChI is InChI=1S/C26H17N3O5S/c30-26(25-21-10-4-6-12-23(21)27-24-13-7-5-11-22(24)25)28(18-8-2-1-3-9-18)35(33,34)20-16-14-19(15-17-20)29(31)32/h1-17H. The molecule has 0 aliphatic rings. The number of fused-ring (bicyclic) bond motifs is 2. The highest BCUT2D eigenvalue weighted by Crippen LogP contribution is 2.32. The average molecular weight is 484 g/mol. The molecule has 0 aliphatic carbocycles. The lowest BCUT2D eigenvalue weighted by Gasteiger charge is -2.24. The van der Waals surface area contributed by atoms with Gasteiger partial charge in [0.05, 0.1) is 32.1 Å². The van der Waals surface area contributed by atoms with Crippen molar-refractivity contribution in [2.75, 3.05) is 4.31 Å². The molecule has 1 heterocycles. The Labute approximate surface area is 200 Å². The van der Waals surface area contributed by atoms with Crippen molar-refractivity contribution in [3.63, 3.8) is 0 Å². The first-order chi connectivity index (χ1) is 16.9. The normalized spacial score (nSPS) is 11.4. The lowest BCUT2D eigenvalue weighted by atomic mass is 10.0. The third kappa shape index (κ3) is 3.87. The summed E-state index contributed by atoms with van der Waals surface area (Å²) in [4.78, 5) is 29.0. The first kappa shape index (κ1) is 22.2. The Hall–Kier alpha value is -4.63. The maximum atomic E-state index is 14.2. The number of para-hydroxylation sites is 3. The number of sulfonamides is 1. The van der Waals surface area contributed by atoms with E-state index in [4.69, 9.17) is 0 Å². The van der Waals surface area contributed by atoms with Crippen molar-refractivity contribution in [3.05, 3.63) is 119 Å². The molecule has 9 heteroatoms. The van der Waals surface area contributed by atoms with Crippen LogP contribution >= 0.6 is 0 Å². The highest BCUT2D eigenvalue weighted by molar-refractivity contribution is 7.93. The number of carbonyl (C=O) groups is 1. The summed E-state index contributed by atoms with van der Waals surface area (Å²) in [6, 6.07) is 26.5. The number of non-ortho nitro benzene ring substituents is 1. The lowest BCUT2D eigenvalue weighted by molar-refractivity contribution is -0.384. The molecule has 172 valence electrons. The summed E-state index contributed by atoms with van der Waals surface area (Å²) >= 11 is 0. The summed E-state index contributed by atoms with van der Waals surface area (Å²) in [5.41, 5.74) is 1.18. The monoisotopic (exact) mass is 483 g/mol. The van der Waals surface area contributed by atoms with Crippen molar-refractivity contribution >= 4 is 49.1 Å². The molecule has 35 heavy (non-hydrogen) atoms. The summed E-state index contributed by atoms with van der Waals surface area (Å²) in [6.45, 7) is 0. The van der Waals surface area contributed by atoms with Crippen molar-refractivity contribution in [1.82, 2.24) is 4.98 Å². The number of nitro benzene ring substituents is 1. The molecule has 5 aromatic rings. The van der Waals surface area contributed by atoms with Gasteiger partial charge in [0, 0.05) is 22.9 Å². The first-order valence-corrected chi connectivity index (χ1v) is 12.0. The van der Waals surface area contributed by atoms with E-state index in [1.807, 2.05) is 0 Å². The van der Waals surface area contributed by atoms with Crippen molar-refractivity contribution in [2.45, 2.75) is 4.90 Å². The molecule has 1 aromatic heterocycles. The van der Waals surface area contributed by atoms with Crippen molar-refractivity contribution in [1.29, 1.82) is 0 Å². The van der Waals surface area contributed by atoms with Crippen LogP contribution < -0.4 is 4.31 Å². The van der Waals surface area contributed by atoms with Crippen LogP contribution in [0.1, 0.15) is 10.4 Å². The molecule has 0 aliphatic heterocycles. The molecule has 0 atom stereocenters. The number of nitro groups is 1. The largest absolute Gasteiger partial charge is 0.273 e. The van der Waals surface area contributed by atoms with E-state index in [2.05, 4.69) is 4.98 Å². The number of hydrogen-bond donors (Lipinski definition) is 0. The molecular formula is C26H17N3O5S. The van der Waals surface area contributed by atoms with Gasteiger partial charge in [0.1, 0.15) is 0 Å². The number of nitrogens with zero attached hydrogens (tertiary/aromatic N) is 3. The number of pyridine rings is 1. The number of hydrogen-bond acceptors (Lipinski definition) is 6. The highest BCUT2D eigenvalue weighted by Gasteiger charge is 2.34. The molecule has 0 saturated heterocycles. The van der Waals surface area contributed by atoms with Crippen LogP contribution in [0, 0.1) is 10.1 Å². The van der Waals surface area contributed by atoms with Gasteiger partial charge in [-0.3, -0.25) is 14.9 Å². The summed E-state index contributed by atoms with van der Waals surface area (Å²) in [7, 11) is -4.44. The maximum Gasteiger partial charge on any atom is 0.273 e. The SMILES string of the molecule is O=C(c1c2ccccc2nc2ccccc12)N(c1ccccc1)S(=O)(=O)c1ccc([N+](=O)[O-])cc1. The van der Waals surface area contributed by atoms with Crippen LogP contribution in [0.25, 0.3) is 21.8 Å². The fraction of sp³-hybridized carbons (Fsp3) is 0. The van der Waals surface area contributed by atoms with Gasteiger partial charge < -0.3 is 0 Å². The minimum atomic E-state index is -4.44. The van der Waals surface area contributed by atoms with E-state index in [-0.39, 0.29) is 21.8 Å². The van der Waals surface area contributed by atoms with Gasteiger partial charge in [0.25, 0.3) is 21.6 Å². The van der Waals surface area contributed by atoms with Crippen LogP contribution in [0.2, 0.25) is 0 Å². The summed E-state index contributed by atoms with van der Waals surface area (Å²) in [5.74, 6) is -0.760. The fourth-order valence-electron chi connectivity index (χ4n) is 3.95. The summed E-state index contributed by atoms with van der Waals surface area (Å²) in [6.07, 6.45) is 0. The Morgan fingerprint density at radius 3 is 1.80 bits per heavy atom. The third-order valence-corrected chi connectivity index (χ3v) is 7.29. The molecular weight excluding hydrogens is 466 g/mol. The van der Waals surface area contributed by atoms with Gasteiger partial charge in [-0.25, -0.2) is 13.4 Å². The second-order valence-electron chi connectivity index (χ2n) is 7.68. The molecule has 0 saturated carbocycles. The molecule has 0 spiro atoms. The van der Waals surface area contributed by atoms with Crippen molar-refractivity contribution in [2.24, 2.45) is 0 Å². The molecule has 8 nitrogen and oxygen atoms in total. The van der Waals surface area contributed by atoms with Crippen LogP contribution in [-0.4, -0.2) is 24.2 Å². The van der Waals surface area contributed by atoms with E-state index in [0.717, 1.165) is 28.6 Å². The molecule has 1 amide bonds. The Balaban J connectivity index is 1.77. The van der Waals surface area contributed by atoms with Crippen LogP contribution in [0.5, 0.6) is 0 Å². The number of carbonyl (C=O) groups excluding carboxylic acids is 1. The molecule has 0 fully saturated rings. The zero-order valence-electron chi connectivity index (χ0n) is 18.1. The van der Waals surface area contributed by atoms with E-state index in [0.29, 0.717) is 21.8 Å². The smallest absolute Gasteiger partial charge is 0.268 e. The Bertz CT molecular complexity index is 1650. The average Bonchev–Trinajstić information content (AvgIpc) is 2.87. The lowest BCUT2D eigenvalue weighted by Crippen LogP contribution is -2.37. The topological polar surface area (TPSA) is 110 Å². The fourth-order valence-corrected chi connectivity index (χ4v) is 5.35. The second kappa shape index (κ2) is 8.62. The molecule has 4 aromatic carbocycles. The highest BCUT2D eigenvalue weighted by atomic mass is 32.2. The number of rotatable bonds is 5. The zero-order valence-corrected chi connectivity index (χ0v) is 18.9. The molecule has 0 radical (unpaired) electrons. The van der Waals surface area contributed by atoms with Crippen molar-refractivity contribution in [3.8, 4) is 0 Å². The predicted octanol–water partition coefficient (Wildman–Crippen LogP) is 5.33. The molecule has 5 rings (SSSR count). The number of anilines is 1. The second-order valence-corrected chi connectivity index (χ2v) is 9.47. The maximum absolute atomic E-state index is 14.2. The minimum absolute atomic E-state index is 0.140. The molecule has 0 unspecified atom stereocenters. The van der Waals surface area contributed by atoms with Crippen molar-refractivity contribution < 1.29 is 18.1 Å². The van der Waals surface area contributed by atoms with Crippen LogP contribution in [0.4, 0.5) is 11.4 Å². The third-order valence-electron chi connectivity index (χ3n) is 5.56. The Kier molecular flexibility index (Phi) is 5.46. The summed E-state index contributed by atoms with van der Waals surface area (Å²) < 4.78 is 28.4. The van der Waals surface area contributed by atoms with Gasteiger partial charge >= 0.3 is 0 Å². The van der Waals surface area contributed by atoms with Gasteiger partial charge in [0.15, 0.2) is 0 Å². The Morgan fingerprint density at radius 1 is 0.743 bits per heavy atom. The number of benzene rings is 4. The van der Waals surface area contributed by atoms with E-state index in [1.54, 1.807) is 66.7 Å². The van der Waals surface area contributed by atoms with Crippen LogP contribution in [-0.2, 0) is 10.0 Å². The van der Waals surface area contributed by atoms with E-state index >= 15 is 0 Å². The first-order valence-electron chi connectivity index (χ1n) is 10.5.